The number of nitrogens with zero attached hydrogens (tertiary/aromatic N) is 5. The zero-order chi connectivity index (χ0) is 30.9. The van der Waals surface area contributed by atoms with Gasteiger partial charge in [-0.05, 0) is 98.9 Å². The number of hydrogen-bond acceptors (Lipinski definition) is 7. The number of pyridine rings is 2. The minimum Gasteiger partial charge on any atom is -0.365 e. The number of aromatic nitrogens is 2. The van der Waals surface area contributed by atoms with Gasteiger partial charge in [-0.15, -0.1) is 0 Å². The zero-order valence-corrected chi connectivity index (χ0v) is 26.8. The Morgan fingerprint density at radius 2 is 1.95 bits per heavy atom. The third kappa shape index (κ3) is 4.90. The topological polar surface area (TPSA) is 78.6 Å². The van der Waals surface area contributed by atoms with E-state index < -0.39 is 0 Å². The molecular weight excluding hydrogens is 568 g/mol. The molecule has 4 atom stereocenters. The third-order valence-electron chi connectivity index (χ3n) is 10.2. The highest BCUT2D eigenvalue weighted by Gasteiger charge is 2.58. The van der Waals surface area contributed by atoms with Gasteiger partial charge in [0.2, 0.25) is 0 Å². The van der Waals surface area contributed by atoms with E-state index >= 15 is 0 Å². The van der Waals surface area contributed by atoms with Gasteiger partial charge < -0.3 is 20.4 Å². The van der Waals surface area contributed by atoms with Gasteiger partial charge >= 0.3 is 0 Å². The summed E-state index contributed by atoms with van der Waals surface area (Å²) in [6.07, 6.45) is 7.78. The molecule has 8 heteroatoms. The number of carbonyl (C=O) groups is 1. The molecule has 2 aromatic heterocycles. The predicted molar refractivity (Wildman–Crippen MR) is 180 cm³/mol. The average molecular weight is 609 g/mol. The molecule has 5 heterocycles. The van der Waals surface area contributed by atoms with Crippen molar-refractivity contribution in [2.45, 2.75) is 71.5 Å². The fraction of sp³-hybridized carbons (Fsp3) is 0.417. The summed E-state index contributed by atoms with van der Waals surface area (Å²) >= 11 is 6.59. The Kier molecular flexibility index (Phi) is 7.29. The van der Waals surface area contributed by atoms with E-state index in [0.717, 1.165) is 77.1 Å². The van der Waals surface area contributed by atoms with E-state index in [1.54, 1.807) is 6.92 Å². The van der Waals surface area contributed by atoms with Crippen molar-refractivity contribution >= 4 is 45.8 Å². The van der Waals surface area contributed by atoms with Crippen LogP contribution in [0.4, 0.5) is 22.9 Å². The van der Waals surface area contributed by atoms with E-state index in [0.29, 0.717) is 29.5 Å². The number of anilines is 4. The van der Waals surface area contributed by atoms with Gasteiger partial charge in [-0.25, -0.2) is 4.98 Å². The van der Waals surface area contributed by atoms with Crippen LogP contribution in [-0.2, 0) is 17.6 Å². The molecule has 1 aliphatic carbocycles. The Bertz CT molecular complexity index is 1680. The lowest BCUT2D eigenvalue weighted by Gasteiger charge is -2.38. The summed E-state index contributed by atoms with van der Waals surface area (Å²) in [5.41, 5.74) is 14.9. The van der Waals surface area contributed by atoms with Crippen LogP contribution in [0.2, 0.25) is 5.02 Å². The molecule has 2 N–H and O–H groups in total. The number of aryl methyl sites for hydroxylation is 3. The van der Waals surface area contributed by atoms with Crippen molar-refractivity contribution in [1.29, 1.82) is 0 Å². The number of halogens is 1. The summed E-state index contributed by atoms with van der Waals surface area (Å²) in [4.78, 5) is 29.3. The first kappa shape index (κ1) is 29.1. The predicted octanol–water partition coefficient (Wildman–Crippen LogP) is 6.63. The molecule has 0 radical (unpaired) electrons. The van der Waals surface area contributed by atoms with Crippen LogP contribution >= 0.6 is 11.6 Å². The van der Waals surface area contributed by atoms with Crippen molar-refractivity contribution in [1.82, 2.24) is 9.97 Å². The highest BCUT2D eigenvalue weighted by atomic mass is 35.5. The highest BCUT2D eigenvalue weighted by Crippen LogP contribution is 2.57. The summed E-state index contributed by atoms with van der Waals surface area (Å²) in [6.45, 7) is 14.3. The molecule has 7 nitrogen and oxygen atoms in total. The van der Waals surface area contributed by atoms with Gasteiger partial charge in [0, 0.05) is 59.9 Å². The molecule has 0 bridgehead atoms. The van der Waals surface area contributed by atoms with Crippen molar-refractivity contribution in [2.24, 2.45) is 17.6 Å². The van der Waals surface area contributed by atoms with Gasteiger partial charge in [0.25, 0.3) is 0 Å². The lowest BCUT2D eigenvalue weighted by molar-refractivity contribution is -0.113. The number of Topliss-reactive ketones (excluding diaryl/α,β-unsaturated/α-hetero) is 1. The molecular formula is C36H41ClN6O. The fourth-order valence-electron chi connectivity index (χ4n) is 7.58. The average Bonchev–Trinajstić information content (AvgIpc) is 3.44. The van der Waals surface area contributed by atoms with Crippen LogP contribution in [0.5, 0.6) is 0 Å². The molecule has 4 aliphatic rings. The van der Waals surface area contributed by atoms with Crippen LogP contribution < -0.4 is 20.4 Å². The van der Waals surface area contributed by atoms with Crippen molar-refractivity contribution < 1.29 is 4.79 Å². The Labute approximate surface area is 265 Å². The van der Waals surface area contributed by atoms with E-state index in [-0.39, 0.29) is 11.8 Å². The van der Waals surface area contributed by atoms with Gasteiger partial charge in [0.15, 0.2) is 5.78 Å². The minimum absolute atomic E-state index is 0.000178. The van der Waals surface area contributed by atoms with Crippen molar-refractivity contribution in [3.63, 3.8) is 0 Å². The molecule has 3 fully saturated rings. The Hall–Kier alpha value is -3.68. The second-order valence-electron chi connectivity index (χ2n) is 13.1. The first-order chi connectivity index (χ1) is 21.1. The molecule has 2 saturated heterocycles. The maximum absolute atomic E-state index is 12.7. The number of piperidine rings is 1. The second kappa shape index (κ2) is 11.0. The van der Waals surface area contributed by atoms with Crippen LogP contribution in [0.3, 0.4) is 0 Å². The number of fused-ring (bicyclic) bond motifs is 2. The summed E-state index contributed by atoms with van der Waals surface area (Å²) in [5.74, 6) is 2.31. The van der Waals surface area contributed by atoms with Gasteiger partial charge in [0.1, 0.15) is 5.82 Å². The van der Waals surface area contributed by atoms with Gasteiger partial charge in [-0.3, -0.25) is 9.78 Å². The molecule has 0 amide bonds. The monoisotopic (exact) mass is 608 g/mol. The SMILES string of the molecule is C=C1C(C(C)=O)=CN(c2ccc(N3CC(N)C3)nc2)c2cc(N3C(CCc4nc(CC)ccc4Cl)CC4C(C)C43)c(C)cc21. The van der Waals surface area contributed by atoms with E-state index in [1.807, 2.05) is 30.6 Å². The van der Waals surface area contributed by atoms with E-state index in [4.69, 9.17) is 27.3 Å². The number of benzene rings is 1. The number of ketones is 1. The standard InChI is InChI=1S/C36H41ClN6O/c1-6-25-7-10-31(37)32(40-25)11-8-26-14-29-22(4)36(29)43(26)33-15-34-28(13-20(33)2)21(3)30(23(5)44)19-42(34)27-9-12-35(39-16-27)41-17-24(38)18-41/h7,9-10,12-13,15-16,19,22,24,26,29,36H,3,6,8,11,14,17-18,38H2,1-2,4-5H3. The first-order valence-corrected chi connectivity index (χ1v) is 16.3. The Morgan fingerprint density at radius 3 is 2.64 bits per heavy atom. The first-order valence-electron chi connectivity index (χ1n) is 15.9. The summed E-state index contributed by atoms with van der Waals surface area (Å²) < 4.78 is 0. The summed E-state index contributed by atoms with van der Waals surface area (Å²) in [7, 11) is 0. The quantitative estimate of drug-likeness (QED) is 0.307. The smallest absolute Gasteiger partial charge is 0.161 e. The van der Waals surface area contributed by atoms with Gasteiger partial charge in [-0.1, -0.05) is 32.0 Å². The van der Waals surface area contributed by atoms with Crippen LogP contribution in [0.15, 0.2) is 60.9 Å². The third-order valence-corrected chi connectivity index (χ3v) is 10.6. The highest BCUT2D eigenvalue weighted by molar-refractivity contribution is 6.31. The number of nitrogens with two attached hydrogens (primary N) is 1. The van der Waals surface area contributed by atoms with Gasteiger partial charge in [0.05, 0.1) is 28.3 Å². The van der Waals surface area contributed by atoms with Crippen LogP contribution in [0.1, 0.15) is 56.1 Å². The zero-order valence-electron chi connectivity index (χ0n) is 26.1. The van der Waals surface area contributed by atoms with E-state index in [2.05, 4.69) is 60.2 Å². The fourth-order valence-corrected chi connectivity index (χ4v) is 7.78. The second-order valence-corrected chi connectivity index (χ2v) is 13.5. The molecule has 44 heavy (non-hydrogen) atoms. The van der Waals surface area contributed by atoms with Crippen molar-refractivity contribution in [3.05, 3.63) is 88.5 Å². The van der Waals surface area contributed by atoms with Gasteiger partial charge in [-0.2, -0.15) is 0 Å². The molecule has 3 aliphatic heterocycles. The Morgan fingerprint density at radius 1 is 1.16 bits per heavy atom. The minimum atomic E-state index is 0.000178. The molecule has 1 aromatic carbocycles. The van der Waals surface area contributed by atoms with E-state index in [9.17, 15) is 4.79 Å². The Balaban J connectivity index is 1.24. The molecule has 7 rings (SSSR count). The van der Waals surface area contributed by atoms with Crippen molar-refractivity contribution in [3.8, 4) is 0 Å². The van der Waals surface area contributed by atoms with Crippen LogP contribution in [-0.4, -0.2) is 47.0 Å². The van der Waals surface area contributed by atoms with E-state index in [1.165, 1.54) is 17.7 Å². The van der Waals surface area contributed by atoms with Crippen molar-refractivity contribution in [2.75, 3.05) is 27.8 Å². The van der Waals surface area contributed by atoms with Crippen LogP contribution in [0, 0.1) is 18.8 Å². The van der Waals surface area contributed by atoms with Crippen LogP contribution in [0.25, 0.3) is 5.57 Å². The molecule has 4 unspecified atom stereocenters. The molecule has 228 valence electrons. The lowest BCUT2D eigenvalue weighted by Crippen LogP contribution is -2.56. The molecule has 3 aromatic rings. The summed E-state index contributed by atoms with van der Waals surface area (Å²) in [6, 6.07) is 13.8. The lowest BCUT2D eigenvalue weighted by atomic mass is 9.90. The number of hydrogen-bond donors (Lipinski definition) is 1. The summed E-state index contributed by atoms with van der Waals surface area (Å²) in [5, 5.41) is 0.758. The molecule has 0 spiro atoms. The molecule has 1 saturated carbocycles. The number of allylic oxidation sites excluding steroid dienone is 2. The number of carbonyl (C=O) groups excluding carboxylic acids is 1. The normalized spacial score (nSPS) is 24.2. The maximum Gasteiger partial charge on any atom is 0.161 e. The number of rotatable bonds is 8. The largest absolute Gasteiger partial charge is 0.365 e. The maximum atomic E-state index is 12.7.